The van der Waals surface area contributed by atoms with Gasteiger partial charge in [-0.1, -0.05) is 18.2 Å². The van der Waals surface area contributed by atoms with Crippen LogP contribution in [-0.2, 0) is 5.75 Å². The molecule has 0 fully saturated rings. The van der Waals surface area contributed by atoms with Crippen molar-refractivity contribution in [2.45, 2.75) is 17.4 Å². The second kappa shape index (κ2) is 8.22. The summed E-state index contributed by atoms with van der Waals surface area (Å²) in [5, 5.41) is 2.02. The summed E-state index contributed by atoms with van der Waals surface area (Å²) in [4.78, 5) is 13.3. The first-order valence-corrected chi connectivity index (χ1v) is 9.54. The van der Waals surface area contributed by atoms with Gasteiger partial charge in [0.05, 0.1) is 24.0 Å². The third-order valence-electron chi connectivity index (χ3n) is 3.66. The predicted octanol–water partition coefficient (Wildman–Crippen LogP) is 5.60. The Hall–Kier alpha value is -1.98. The molecule has 0 radical (unpaired) electrons. The molecule has 5 heteroatoms. The molecule has 2 heterocycles. The number of hydrogen-bond donors (Lipinski definition) is 0. The molecule has 0 unspecified atom stereocenters. The summed E-state index contributed by atoms with van der Waals surface area (Å²) in [5.74, 6) is 2.65. The maximum atomic E-state index is 12.5. The van der Waals surface area contributed by atoms with Crippen LogP contribution in [0.4, 0.5) is 0 Å². The van der Waals surface area contributed by atoms with Crippen molar-refractivity contribution >= 4 is 28.9 Å². The number of methoxy groups -OCH3 is 1. The lowest BCUT2D eigenvalue weighted by atomic mass is 10.1. The molecule has 0 bridgehead atoms. The van der Waals surface area contributed by atoms with E-state index in [-0.39, 0.29) is 11.0 Å². The van der Waals surface area contributed by atoms with Crippen LogP contribution < -0.4 is 4.74 Å². The molecule has 1 atom stereocenters. The van der Waals surface area contributed by atoms with E-state index in [0.717, 1.165) is 27.7 Å². The van der Waals surface area contributed by atoms with Crippen LogP contribution in [0.15, 0.2) is 64.6 Å². The number of thioether (sulfide) groups is 1. The highest BCUT2D eigenvalue weighted by Crippen LogP contribution is 2.36. The summed E-state index contributed by atoms with van der Waals surface area (Å²) >= 11 is 3.21. The third-order valence-corrected chi connectivity index (χ3v) is 5.86. The van der Waals surface area contributed by atoms with E-state index in [9.17, 15) is 4.79 Å². The van der Waals surface area contributed by atoms with Crippen molar-refractivity contribution in [2.75, 3.05) is 7.11 Å². The van der Waals surface area contributed by atoms with Gasteiger partial charge in [-0.2, -0.15) is 0 Å². The van der Waals surface area contributed by atoms with Gasteiger partial charge in [-0.15, -0.1) is 23.1 Å². The van der Waals surface area contributed by atoms with E-state index in [0.29, 0.717) is 6.42 Å². The van der Waals surface area contributed by atoms with Crippen molar-refractivity contribution in [3.8, 4) is 5.75 Å². The van der Waals surface area contributed by atoms with Crippen molar-refractivity contribution in [3.63, 3.8) is 0 Å². The Morgan fingerprint density at radius 3 is 2.67 bits per heavy atom. The van der Waals surface area contributed by atoms with E-state index in [4.69, 9.17) is 9.15 Å². The maximum Gasteiger partial charge on any atom is 0.174 e. The molecule has 0 saturated heterocycles. The normalized spacial score (nSPS) is 12.0. The van der Waals surface area contributed by atoms with E-state index in [1.807, 2.05) is 53.9 Å². The Bertz CT molecular complexity index is 747. The van der Waals surface area contributed by atoms with Crippen LogP contribution in [0.1, 0.15) is 32.7 Å². The van der Waals surface area contributed by atoms with Gasteiger partial charge in [-0.3, -0.25) is 4.79 Å². The quantitative estimate of drug-likeness (QED) is 0.492. The zero-order valence-corrected chi connectivity index (χ0v) is 14.9. The molecule has 1 aromatic carbocycles. The number of ketones is 1. The molecule has 0 N–H and O–H groups in total. The van der Waals surface area contributed by atoms with Crippen molar-refractivity contribution in [1.29, 1.82) is 0 Å². The molecule has 2 aromatic heterocycles. The summed E-state index contributed by atoms with van der Waals surface area (Å²) in [6, 6.07) is 15.6. The zero-order valence-electron chi connectivity index (χ0n) is 13.3. The van der Waals surface area contributed by atoms with Gasteiger partial charge in [0.25, 0.3) is 0 Å². The Balaban J connectivity index is 1.75. The molecule has 0 aliphatic carbocycles. The molecule has 24 heavy (non-hydrogen) atoms. The first-order chi connectivity index (χ1) is 11.8. The highest BCUT2D eigenvalue weighted by Gasteiger charge is 2.19. The average Bonchev–Trinajstić information content (AvgIpc) is 3.32. The minimum atomic E-state index is 0.0793. The summed E-state index contributed by atoms with van der Waals surface area (Å²) in [6.45, 7) is 0. The number of benzene rings is 1. The number of rotatable bonds is 8. The van der Waals surface area contributed by atoms with Crippen molar-refractivity contribution < 1.29 is 13.9 Å². The standard InChI is InChI=1S/C19H18O3S2/c1-21-15-8-6-14(7-9-15)19(24-13-16-4-2-10-22-16)12-17(20)18-5-3-11-23-18/h2-11,19H,12-13H2,1H3/t19-/m0/s1. The van der Waals surface area contributed by atoms with Gasteiger partial charge in [-0.05, 0) is 41.3 Å². The van der Waals surface area contributed by atoms with Gasteiger partial charge in [0.1, 0.15) is 11.5 Å². The Labute approximate surface area is 149 Å². The molecule has 124 valence electrons. The number of ether oxygens (including phenoxy) is 1. The zero-order chi connectivity index (χ0) is 16.8. The van der Waals surface area contributed by atoms with Gasteiger partial charge in [0.2, 0.25) is 0 Å². The highest BCUT2D eigenvalue weighted by molar-refractivity contribution is 7.98. The van der Waals surface area contributed by atoms with E-state index in [1.54, 1.807) is 25.1 Å². The van der Waals surface area contributed by atoms with Gasteiger partial charge in [-0.25, -0.2) is 0 Å². The fourth-order valence-corrected chi connectivity index (χ4v) is 4.20. The Kier molecular flexibility index (Phi) is 5.77. The second-order valence-electron chi connectivity index (χ2n) is 5.26. The summed E-state index contributed by atoms with van der Waals surface area (Å²) in [6.07, 6.45) is 2.15. The molecule has 3 aromatic rings. The minimum absolute atomic E-state index is 0.0793. The number of carbonyl (C=O) groups is 1. The van der Waals surface area contributed by atoms with E-state index < -0.39 is 0 Å². The molecule has 0 amide bonds. The predicted molar refractivity (Wildman–Crippen MR) is 99.0 cm³/mol. The molecular weight excluding hydrogens is 340 g/mol. The number of furan rings is 1. The molecular formula is C19H18O3S2. The van der Waals surface area contributed by atoms with Crippen molar-refractivity contribution in [1.82, 2.24) is 0 Å². The van der Waals surface area contributed by atoms with Crippen LogP contribution in [-0.4, -0.2) is 12.9 Å². The lowest BCUT2D eigenvalue weighted by molar-refractivity contribution is 0.0986. The van der Waals surface area contributed by atoms with Crippen LogP contribution >= 0.6 is 23.1 Å². The largest absolute Gasteiger partial charge is 0.497 e. The average molecular weight is 358 g/mol. The summed E-state index contributed by atoms with van der Waals surface area (Å²) in [5.41, 5.74) is 1.12. The first kappa shape index (κ1) is 16.9. The lowest BCUT2D eigenvalue weighted by Crippen LogP contribution is -2.04. The first-order valence-electron chi connectivity index (χ1n) is 7.61. The fourth-order valence-electron chi connectivity index (χ4n) is 2.38. The second-order valence-corrected chi connectivity index (χ2v) is 7.40. The SMILES string of the molecule is COc1ccc([C@H](CC(=O)c2cccs2)SCc2ccco2)cc1. The topological polar surface area (TPSA) is 39.4 Å². The number of hydrogen-bond acceptors (Lipinski definition) is 5. The van der Waals surface area contributed by atoms with Gasteiger partial charge in [0, 0.05) is 11.7 Å². The van der Waals surface area contributed by atoms with Gasteiger partial charge in [0.15, 0.2) is 5.78 Å². The minimum Gasteiger partial charge on any atom is -0.497 e. The lowest BCUT2D eigenvalue weighted by Gasteiger charge is -2.16. The number of Topliss-reactive ketones (excluding diaryl/α,β-unsaturated/α-hetero) is 1. The molecule has 3 rings (SSSR count). The van der Waals surface area contributed by atoms with E-state index >= 15 is 0 Å². The monoisotopic (exact) mass is 358 g/mol. The van der Waals surface area contributed by atoms with E-state index in [2.05, 4.69) is 0 Å². The maximum absolute atomic E-state index is 12.5. The van der Waals surface area contributed by atoms with Crippen LogP contribution in [0.2, 0.25) is 0 Å². The summed E-state index contributed by atoms with van der Waals surface area (Å²) in [7, 11) is 1.65. The number of carbonyl (C=O) groups excluding carboxylic acids is 1. The molecule has 0 spiro atoms. The Morgan fingerprint density at radius 2 is 2.04 bits per heavy atom. The van der Waals surface area contributed by atoms with Crippen LogP contribution in [0, 0.1) is 0 Å². The fraction of sp³-hybridized carbons (Fsp3) is 0.211. The number of thiophene rings is 1. The van der Waals surface area contributed by atoms with Crippen LogP contribution in [0.3, 0.4) is 0 Å². The molecule has 3 nitrogen and oxygen atoms in total. The van der Waals surface area contributed by atoms with Crippen molar-refractivity contribution in [3.05, 3.63) is 76.4 Å². The Morgan fingerprint density at radius 1 is 1.21 bits per heavy atom. The molecule has 0 aliphatic heterocycles. The smallest absolute Gasteiger partial charge is 0.174 e. The van der Waals surface area contributed by atoms with Crippen LogP contribution in [0.5, 0.6) is 5.75 Å². The molecule has 0 saturated carbocycles. The van der Waals surface area contributed by atoms with Crippen molar-refractivity contribution in [2.24, 2.45) is 0 Å². The van der Waals surface area contributed by atoms with Gasteiger partial charge < -0.3 is 9.15 Å². The van der Waals surface area contributed by atoms with Crippen LogP contribution in [0.25, 0.3) is 0 Å². The molecule has 0 aliphatic rings. The van der Waals surface area contributed by atoms with Gasteiger partial charge >= 0.3 is 0 Å². The summed E-state index contributed by atoms with van der Waals surface area (Å²) < 4.78 is 10.6. The van der Waals surface area contributed by atoms with E-state index in [1.165, 1.54) is 11.3 Å². The highest BCUT2D eigenvalue weighted by atomic mass is 32.2. The third kappa shape index (κ3) is 4.30.